The fraction of sp³-hybridized carbons (Fsp3) is 0.133. The fourth-order valence-corrected chi connectivity index (χ4v) is 2.13. The number of nitrogen functional groups attached to an aromatic ring is 1. The first kappa shape index (κ1) is 13.4. The Bertz CT molecular complexity index is 638. The second-order valence-corrected chi connectivity index (χ2v) is 4.92. The van der Waals surface area contributed by atoms with Crippen molar-refractivity contribution in [3.8, 4) is 0 Å². The molecule has 2 aromatic rings. The van der Waals surface area contributed by atoms with Crippen LogP contribution in [0.25, 0.3) is 0 Å². The third-order valence-corrected chi connectivity index (χ3v) is 3.17. The average molecular weight is 275 g/mol. The molecule has 3 nitrogen and oxygen atoms in total. The standard InChI is InChI=1S/C15H15ClN2O/c1-9-7-11(16)3-5-13(9)15(19)18-14-6-4-12(17)8-10(14)2/h3-8H,17H2,1-2H3,(H,18,19). The molecule has 0 heterocycles. The van der Waals surface area contributed by atoms with Gasteiger partial charge >= 0.3 is 0 Å². The van der Waals surface area contributed by atoms with Gasteiger partial charge in [0, 0.05) is 22.0 Å². The molecule has 2 aromatic carbocycles. The molecule has 0 unspecified atom stereocenters. The number of halogens is 1. The Morgan fingerprint density at radius 3 is 2.47 bits per heavy atom. The lowest BCUT2D eigenvalue weighted by Crippen LogP contribution is -2.14. The van der Waals surface area contributed by atoms with Crippen LogP contribution < -0.4 is 11.1 Å². The van der Waals surface area contributed by atoms with E-state index >= 15 is 0 Å². The van der Waals surface area contributed by atoms with E-state index in [0.29, 0.717) is 16.3 Å². The van der Waals surface area contributed by atoms with Crippen LogP contribution in [-0.4, -0.2) is 5.91 Å². The lowest BCUT2D eigenvalue weighted by atomic mass is 10.1. The Hall–Kier alpha value is -2.00. The van der Waals surface area contributed by atoms with Crippen molar-refractivity contribution in [2.45, 2.75) is 13.8 Å². The minimum Gasteiger partial charge on any atom is -0.399 e. The minimum atomic E-state index is -0.151. The monoisotopic (exact) mass is 274 g/mol. The van der Waals surface area contributed by atoms with E-state index in [9.17, 15) is 4.79 Å². The Morgan fingerprint density at radius 1 is 1.11 bits per heavy atom. The molecule has 19 heavy (non-hydrogen) atoms. The summed E-state index contributed by atoms with van der Waals surface area (Å²) in [6.07, 6.45) is 0. The molecule has 2 rings (SSSR count). The molecule has 0 atom stereocenters. The van der Waals surface area contributed by atoms with E-state index < -0.39 is 0 Å². The van der Waals surface area contributed by atoms with Crippen LogP contribution in [0.5, 0.6) is 0 Å². The van der Waals surface area contributed by atoms with E-state index in [1.165, 1.54) is 0 Å². The van der Waals surface area contributed by atoms with Crippen LogP contribution >= 0.6 is 11.6 Å². The number of carbonyl (C=O) groups is 1. The first-order valence-corrected chi connectivity index (χ1v) is 6.29. The number of hydrogen-bond donors (Lipinski definition) is 2. The van der Waals surface area contributed by atoms with Crippen molar-refractivity contribution in [3.05, 3.63) is 58.1 Å². The number of aryl methyl sites for hydroxylation is 2. The predicted octanol–water partition coefficient (Wildman–Crippen LogP) is 3.79. The van der Waals surface area contributed by atoms with Gasteiger partial charge < -0.3 is 11.1 Å². The maximum atomic E-state index is 12.2. The summed E-state index contributed by atoms with van der Waals surface area (Å²) in [5.74, 6) is -0.151. The molecule has 0 radical (unpaired) electrons. The van der Waals surface area contributed by atoms with Crippen molar-refractivity contribution in [1.82, 2.24) is 0 Å². The van der Waals surface area contributed by atoms with Crippen molar-refractivity contribution in [3.63, 3.8) is 0 Å². The summed E-state index contributed by atoms with van der Waals surface area (Å²) >= 11 is 5.88. The van der Waals surface area contributed by atoms with Crippen molar-refractivity contribution in [2.75, 3.05) is 11.1 Å². The largest absolute Gasteiger partial charge is 0.399 e. The molecular weight excluding hydrogens is 260 g/mol. The zero-order valence-electron chi connectivity index (χ0n) is 10.8. The zero-order valence-corrected chi connectivity index (χ0v) is 11.6. The van der Waals surface area contributed by atoms with Crippen LogP contribution in [0.4, 0.5) is 11.4 Å². The van der Waals surface area contributed by atoms with Crippen LogP contribution in [0.2, 0.25) is 5.02 Å². The highest BCUT2D eigenvalue weighted by atomic mass is 35.5. The molecule has 0 aliphatic heterocycles. The van der Waals surface area contributed by atoms with Gasteiger partial charge in [-0.25, -0.2) is 0 Å². The van der Waals surface area contributed by atoms with Crippen molar-refractivity contribution in [2.24, 2.45) is 0 Å². The van der Waals surface area contributed by atoms with E-state index in [2.05, 4.69) is 5.32 Å². The smallest absolute Gasteiger partial charge is 0.255 e. The molecule has 1 amide bonds. The average Bonchev–Trinajstić information content (AvgIpc) is 2.32. The van der Waals surface area contributed by atoms with E-state index in [1.807, 2.05) is 19.9 Å². The van der Waals surface area contributed by atoms with Crippen molar-refractivity contribution < 1.29 is 4.79 Å². The number of anilines is 2. The molecule has 0 aromatic heterocycles. The predicted molar refractivity (Wildman–Crippen MR) is 79.7 cm³/mol. The molecule has 98 valence electrons. The maximum Gasteiger partial charge on any atom is 0.255 e. The summed E-state index contributed by atoms with van der Waals surface area (Å²) < 4.78 is 0. The van der Waals surface area contributed by atoms with E-state index in [4.69, 9.17) is 17.3 Å². The quantitative estimate of drug-likeness (QED) is 0.819. The van der Waals surface area contributed by atoms with Crippen LogP contribution in [-0.2, 0) is 0 Å². The van der Waals surface area contributed by atoms with Gasteiger partial charge in [-0.2, -0.15) is 0 Å². The van der Waals surface area contributed by atoms with Gasteiger partial charge in [0.15, 0.2) is 0 Å². The third-order valence-electron chi connectivity index (χ3n) is 2.93. The fourth-order valence-electron chi connectivity index (χ4n) is 1.90. The number of nitrogens with two attached hydrogens (primary N) is 1. The Kier molecular flexibility index (Phi) is 3.76. The number of amides is 1. The van der Waals surface area contributed by atoms with Crippen molar-refractivity contribution >= 4 is 28.9 Å². The van der Waals surface area contributed by atoms with E-state index in [1.54, 1.807) is 30.3 Å². The molecule has 3 N–H and O–H groups in total. The lowest BCUT2D eigenvalue weighted by molar-refractivity contribution is 0.102. The topological polar surface area (TPSA) is 55.1 Å². The van der Waals surface area contributed by atoms with Gasteiger partial charge in [0.2, 0.25) is 0 Å². The van der Waals surface area contributed by atoms with Crippen molar-refractivity contribution in [1.29, 1.82) is 0 Å². The molecule has 0 saturated heterocycles. The molecule has 0 spiro atoms. The van der Waals surface area contributed by atoms with Crippen LogP contribution in [0.3, 0.4) is 0 Å². The summed E-state index contributed by atoms with van der Waals surface area (Å²) in [5.41, 5.74) is 9.51. The summed E-state index contributed by atoms with van der Waals surface area (Å²) in [6, 6.07) is 10.6. The molecular formula is C15H15ClN2O. The van der Waals surface area contributed by atoms with Gasteiger partial charge in [0.25, 0.3) is 5.91 Å². The highest BCUT2D eigenvalue weighted by Crippen LogP contribution is 2.20. The number of benzene rings is 2. The van der Waals surface area contributed by atoms with Crippen LogP contribution in [0, 0.1) is 13.8 Å². The molecule has 0 aliphatic rings. The summed E-state index contributed by atoms with van der Waals surface area (Å²) in [5, 5.41) is 3.50. The first-order chi connectivity index (χ1) is 8.97. The molecule has 0 aliphatic carbocycles. The Labute approximate surface area is 117 Å². The summed E-state index contributed by atoms with van der Waals surface area (Å²) in [4.78, 5) is 12.2. The highest BCUT2D eigenvalue weighted by Gasteiger charge is 2.10. The maximum absolute atomic E-state index is 12.2. The zero-order chi connectivity index (χ0) is 14.0. The lowest BCUT2D eigenvalue weighted by Gasteiger charge is -2.10. The molecule has 0 fully saturated rings. The van der Waals surface area contributed by atoms with Gasteiger partial charge in [0.1, 0.15) is 0 Å². The normalized spacial score (nSPS) is 10.3. The van der Waals surface area contributed by atoms with Gasteiger partial charge in [-0.3, -0.25) is 4.79 Å². The van der Waals surface area contributed by atoms with Gasteiger partial charge in [-0.1, -0.05) is 11.6 Å². The summed E-state index contributed by atoms with van der Waals surface area (Å²) in [6.45, 7) is 3.76. The van der Waals surface area contributed by atoms with Gasteiger partial charge in [-0.15, -0.1) is 0 Å². The molecule has 4 heteroatoms. The third kappa shape index (κ3) is 3.06. The Balaban J connectivity index is 2.25. The van der Waals surface area contributed by atoms with Gasteiger partial charge in [-0.05, 0) is 61.4 Å². The first-order valence-electron chi connectivity index (χ1n) is 5.91. The summed E-state index contributed by atoms with van der Waals surface area (Å²) in [7, 11) is 0. The van der Waals surface area contributed by atoms with E-state index in [0.717, 1.165) is 16.8 Å². The highest BCUT2D eigenvalue weighted by molar-refractivity contribution is 6.30. The second-order valence-electron chi connectivity index (χ2n) is 4.49. The number of nitrogens with one attached hydrogen (secondary N) is 1. The minimum absolute atomic E-state index is 0.151. The SMILES string of the molecule is Cc1cc(N)ccc1NC(=O)c1ccc(Cl)cc1C. The number of carbonyl (C=O) groups excluding carboxylic acids is 1. The van der Waals surface area contributed by atoms with Crippen LogP contribution in [0.15, 0.2) is 36.4 Å². The second kappa shape index (κ2) is 5.33. The molecule has 0 bridgehead atoms. The van der Waals surface area contributed by atoms with E-state index in [-0.39, 0.29) is 5.91 Å². The van der Waals surface area contributed by atoms with Gasteiger partial charge in [0.05, 0.1) is 0 Å². The number of rotatable bonds is 2. The number of hydrogen-bond acceptors (Lipinski definition) is 2. The molecule has 0 saturated carbocycles. The van der Waals surface area contributed by atoms with Crippen LogP contribution in [0.1, 0.15) is 21.5 Å². The Morgan fingerprint density at radius 2 is 1.84 bits per heavy atom.